The fourth-order valence-electron chi connectivity index (χ4n) is 3.39. The Balaban J connectivity index is 1.92. The van der Waals surface area contributed by atoms with Crippen molar-refractivity contribution in [2.75, 3.05) is 13.2 Å². The van der Waals surface area contributed by atoms with E-state index in [4.69, 9.17) is 0 Å². The fourth-order valence-corrected chi connectivity index (χ4v) is 4.44. The van der Waals surface area contributed by atoms with Gasteiger partial charge in [-0.1, -0.05) is 6.92 Å². The van der Waals surface area contributed by atoms with E-state index in [1.165, 1.54) is 0 Å². The van der Waals surface area contributed by atoms with Crippen molar-refractivity contribution >= 4 is 21.6 Å². The van der Waals surface area contributed by atoms with Gasteiger partial charge in [0.2, 0.25) is 0 Å². The Morgan fingerprint density at radius 3 is 2.95 bits per heavy atom. The number of aliphatic hydroxyl groups is 1. The van der Waals surface area contributed by atoms with Gasteiger partial charge < -0.3 is 10.1 Å². The number of hydrogen-bond donors (Lipinski definition) is 2. The van der Waals surface area contributed by atoms with Crippen LogP contribution >= 0.6 is 11.3 Å². The minimum absolute atomic E-state index is 0.0487. The van der Waals surface area contributed by atoms with E-state index in [9.17, 15) is 9.90 Å². The lowest BCUT2D eigenvalue weighted by Crippen LogP contribution is -2.46. The maximum absolute atomic E-state index is 12.3. The number of thiophene rings is 1. The molecule has 0 amide bonds. The molecule has 5 nitrogen and oxygen atoms in total. The van der Waals surface area contributed by atoms with Gasteiger partial charge in [-0.25, -0.2) is 4.98 Å². The smallest absolute Gasteiger partial charge is 0.259 e. The number of fused-ring (bicyclic) bond motifs is 1. The van der Waals surface area contributed by atoms with E-state index < -0.39 is 0 Å². The predicted octanol–water partition coefficient (Wildman–Crippen LogP) is 2.19. The molecule has 22 heavy (non-hydrogen) atoms. The van der Waals surface area contributed by atoms with Gasteiger partial charge in [0.15, 0.2) is 0 Å². The molecule has 0 bridgehead atoms. The summed E-state index contributed by atoms with van der Waals surface area (Å²) in [6.45, 7) is 7.87. The van der Waals surface area contributed by atoms with E-state index >= 15 is 0 Å². The highest BCUT2D eigenvalue weighted by atomic mass is 32.1. The molecule has 1 aliphatic heterocycles. The summed E-state index contributed by atoms with van der Waals surface area (Å²) in [5.74, 6) is 1.17. The Kier molecular flexibility index (Phi) is 4.34. The van der Waals surface area contributed by atoms with Gasteiger partial charge in [-0.15, -0.1) is 11.3 Å². The van der Waals surface area contributed by atoms with Crippen molar-refractivity contribution in [2.24, 2.45) is 5.92 Å². The van der Waals surface area contributed by atoms with Crippen molar-refractivity contribution in [3.63, 3.8) is 0 Å². The van der Waals surface area contributed by atoms with E-state index in [1.54, 1.807) is 11.3 Å². The van der Waals surface area contributed by atoms with E-state index in [0.29, 0.717) is 18.3 Å². The maximum Gasteiger partial charge on any atom is 0.259 e. The van der Waals surface area contributed by atoms with Gasteiger partial charge >= 0.3 is 0 Å². The number of aromatic nitrogens is 2. The number of hydrogen-bond acceptors (Lipinski definition) is 5. The molecule has 120 valence electrons. The Morgan fingerprint density at radius 1 is 1.45 bits per heavy atom. The zero-order valence-electron chi connectivity index (χ0n) is 13.3. The first-order valence-electron chi connectivity index (χ1n) is 7.85. The summed E-state index contributed by atoms with van der Waals surface area (Å²) in [4.78, 5) is 24.1. The minimum Gasteiger partial charge on any atom is -0.395 e. The van der Waals surface area contributed by atoms with Crippen molar-refractivity contribution in [3.8, 4) is 0 Å². The summed E-state index contributed by atoms with van der Waals surface area (Å²) >= 11 is 1.58. The van der Waals surface area contributed by atoms with Crippen LogP contribution in [0.4, 0.5) is 0 Å². The first-order valence-corrected chi connectivity index (χ1v) is 8.66. The number of aliphatic hydroxyl groups excluding tert-OH is 1. The summed E-state index contributed by atoms with van der Waals surface area (Å²) in [6.07, 6.45) is 2.27. The van der Waals surface area contributed by atoms with Gasteiger partial charge in [-0.3, -0.25) is 9.69 Å². The van der Waals surface area contributed by atoms with Crippen LogP contribution in [0.5, 0.6) is 0 Å². The summed E-state index contributed by atoms with van der Waals surface area (Å²) < 4.78 is 0. The van der Waals surface area contributed by atoms with E-state index in [0.717, 1.165) is 40.0 Å². The summed E-state index contributed by atoms with van der Waals surface area (Å²) in [5, 5.41) is 10.4. The monoisotopic (exact) mass is 321 g/mol. The van der Waals surface area contributed by atoms with Crippen LogP contribution in [0.2, 0.25) is 0 Å². The highest BCUT2D eigenvalue weighted by Gasteiger charge is 2.28. The molecule has 0 radical (unpaired) electrons. The molecule has 2 N–H and O–H groups in total. The molecule has 2 aromatic heterocycles. The lowest BCUT2D eigenvalue weighted by molar-refractivity contribution is 0.0454. The zero-order valence-corrected chi connectivity index (χ0v) is 14.2. The number of piperidine rings is 1. The van der Waals surface area contributed by atoms with Crippen LogP contribution in [-0.4, -0.2) is 39.2 Å². The number of likely N-dealkylation sites (tertiary alicyclic amines) is 1. The van der Waals surface area contributed by atoms with Gasteiger partial charge in [-0.2, -0.15) is 0 Å². The van der Waals surface area contributed by atoms with Gasteiger partial charge in [-0.05, 0) is 44.7 Å². The van der Waals surface area contributed by atoms with Gasteiger partial charge in [0, 0.05) is 10.9 Å². The van der Waals surface area contributed by atoms with Crippen LogP contribution in [0, 0.1) is 19.8 Å². The number of aryl methyl sites for hydroxylation is 2. The van der Waals surface area contributed by atoms with Crippen molar-refractivity contribution in [1.82, 2.24) is 14.9 Å². The molecule has 0 spiro atoms. The Hall–Kier alpha value is -1.24. The third-order valence-electron chi connectivity index (χ3n) is 4.86. The molecule has 3 rings (SSSR count). The summed E-state index contributed by atoms with van der Waals surface area (Å²) in [6, 6.07) is 0.154. The number of nitrogens with zero attached hydrogens (tertiary/aromatic N) is 2. The Bertz CT molecular complexity index is 737. The van der Waals surface area contributed by atoms with Crippen molar-refractivity contribution in [1.29, 1.82) is 0 Å². The molecule has 0 aromatic carbocycles. The molecule has 1 fully saturated rings. The van der Waals surface area contributed by atoms with Crippen LogP contribution in [0.1, 0.15) is 36.0 Å². The number of H-pyrrole nitrogens is 1. The third kappa shape index (κ3) is 2.71. The summed E-state index contributed by atoms with van der Waals surface area (Å²) in [5.41, 5.74) is 0.979. The quantitative estimate of drug-likeness (QED) is 0.909. The average Bonchev–Trinajstić information content (AvgIpc) is 2.74. The molecule has 1 saturated heterocycles. The van der Waals surface area contributed by atoms with Gasteiger partial charge in [0.1, 0.15) is 10.7 Å². The topological polar surface area (TPSA) is 69.2 Å². The van der Waals surface area contributed by atoms with Crippen LogP contribution in [0.15, 0.2) is 4.79 Å². The lowest BCUT2D eigenvalue weighted by atomic mass is 9.91. The first kappa shape index (κ1) is 15.6. The first-order chi connectivity index (χ1) is 10.5. The lowest BCUT2D eigenvalue weighted by Gasteiger charge is -2.38. The standard InChI is InChI=1S/C16H23N3O2S/c1-9-5-4-6-19(12(9)8-20)7-13-17-15(21)14-10(2)11(3)22-16(14)18-13/h9,12,20H,4-8H2,1-3H3,(H,17,18,21)/t9-,12-/m1/s1. The predicted molar refractivity (Wildman–Crippen MR) is 89.4 cm³/mol. The second-order valence-corrected chi connectivity index (χ2v) is 7.52. The maximum atomic E-state index is 12.3. The molecular weight excluding hydrogens is 298 g/mol. The van der Waals surface area contributed by atoms with Crippen molar-refractivity contribution in [3.05, 3.63) is 26.6 Å². The molecule has 1 aliphatic rings. The van der Waals surface area contributed by atoms with Gasteiger partial charge in [0.25, 0.3) is 5.56 Å². The third-order valence-corrected chi connectivity index (χ3v) is 5.96. The van der Waals surface area contributed by atoms with Crippen LogP contribution < -0.4 is 5.56 Å². The van der Waals surface area contributed by atoms with Gasteiger partial charge in [0.05, 0.1) is 18.5 Å². The van der Waals surface area contributed by atoms with E-state index in [1.807, 2.05) is 13.8 Å². The second kappa shape index (κ2) is 6.10. The summed E-state index contributed by atoms with van der Waals surface area (Å²) in [7, 11) is 0. The van der Waals surface area contributed by atoms with Crippen LogP contribution in [-0.2, 0) is 6.54 Å². The SMILES string of the molecule is Cc1sc2nc(CN3CCC[C@@H](C)[C@H]3CO)[nH]c(=O)c2c1C. The van der Waals surface area contributed by atoms with Crippen LogP contribution in [0.25, 0.3) is 10.2 Å². The van der Waals surface area contributed by atoms with Crippen LogP contribution in [0.3, 0.4) is 0 Å². The van der Waals surface area contributed by atoms with Crippen molar-refractivity contribution in [2.45, 2.75) is 46.2 Å². The average molecular weight is 321 g/mol. The zero-order chi connectivity index (χ0) is 15.9. The Labute approximate surface area is 134 Å². The Morgan fingerprint density at radius 2 is 2.23 bits per heavy atom. The molecule has 0 aliphatic carbocycles. The molecule has 3 heterocycles. The normalized spacial score (nSPS) is 23.3. The number of rotatable bonds is 3. The molecule has 2 atom stereocenters. The van der Waals surface area contributed by atoms with E-state index in [2.05, 4.69) is 21.8 Å². The van der Waals surface area contributed by atoms with E-state index in [-0.39, 0.29) is 18.2 Å². The fraction of sp³-hybridized carbons (Fsp3) is 0.625. The largest absolute Gasteiger partial charge is 0.395 e. The number of aromatic amines is 1. The molecule has 6 heteroatoms. The highest BCUT2D eigenvalue weighted by Crippen LogP contribution is 2.27. The minimum atomic E-state index is -0.0487. The molecular formula is C16H23N3O2S. The second-order valence-electron chi connectivity index (χ2n) is 6.32. The highest BCUT2D eigenvalue weighted by molar-refractivity contribution is 7.18. The molecule has 0 unspecified atom stereocenters. The number of nitrogens with one attached hydrogen (secondary N) is 1. The molecule has 2 aromatic rings. The molecule has 0 saturated carbocycles. The van der Waals surface area contributed by atoms with Crippen molar-refractivity contribution < 1.29 is 5.11 Å².